The molecule has 2 rings (SSSR count). The predicted octanol–water partition coefficient (Wildman–Crippen LogP) is 4.74. The van der Waals surface area contributed by atoms with Crippen molar-refractivity contribution in [1.29, 1.82) is 0 Å². The molecular formula is C15H16F3N. The monoisotopic (exact) mass is 267 g/mol. The Balaban J connectivity index is 2.93. The molecule has 0 fully saturated rings. The Morgan fingerprint density at radius 2 is 1.42 bits per heavy atom. The molecule has 0 amide bonds. The van der Waals surface area contributed by atoms with Crippen molar-refractivity contribution < 1.29 is 13.2 Å². The fourth-order valence-corrected chi connectivity index (χ4v) is 2.25. The molecule has 0 saturated carbocycles. The van der Waals surface area contributed by atoms with Crippen LogP contribution in [0.15, 0.2) is 30.3 Å². The molecule has 0 aliphatic rings. The van der Waals surface area contributed by atoms with Crippen LogP contribution in [0.2, 0.25) is 0 Å². The molecule has 0 spiro atoms. The molecule has 2 N–H and O–H groups in total. The molecule has 2 aromatic rings. The number of hydrogen-bond acceptors (Lipinski definition) is 1. The average Bonchev–Trinajstić information content (AvgIpc) is 2.26. The van der Waals surface area contributed by atoms with Gasteiger partial charge >= 0.3 is 6.18 Å². The van der Waals surface area contributed by atoms with E-state index in [1.54, 1.807) is 18.2 Å². The Morgan fingerprint density at radius 3 is 1.89 bits per heavy atom. The number of rotatable bonds is 0. The van der Waals surface area contributed by atoms with Gasteiger partial charge in [-0.05, 0) is 22.4 Å². The van der Waals surface area contributed by atoms with E-state index in [0.29, 0.717) is 16.6 Å². The molecule has 1 nitrogen and oxygen atoms in total. The standard InChI is InChI=1S/C15H16F3N/c1-14(2,3)12-8-11(15(16,17)18)9-6-4-5-7-10(9)13(12)19/h4-8H,19H2,1-3H3. The molecule has 0 aliphatic heterocycles. The SMILES string of the molecule is CC(C)(C)c1cc(C(F)(F)F)c2ccccc2c1N. The van der Waals surface area contributed by atoms with Crippen molar-refractivity contribution in [3.63, 3.8) is 0 Å². The maximum Gasteiger partial charge on any atom is 0.417 e. The first kappa shape index (κ1) is 13.7. The second kappa shape index (κ2) is 4.15. The van der Waals surface area contributed by atoms with Gasteiger partial charge in [0, 0.05) is 11.1 Å². The van der Waals surface area contributed by atoms with Gasteiger partial charge in [0.2, 0.25) is 0 Å². The van der Waals surface area contributed by atoms with Gasteiger partial charge in [-0.25, -0.2) is 0 Å². The van der Waals surface area contributed by atoms with Crippen molar-refractivity contribution >= 4 is 16.5 Å². The number of fused-ring (bicyclic) bond motifs is 1. The average molecular weight is 267 g/mol. The summed E-state index contributed by atoms with van der Waals surface area (Å²) in [6, 6.07) is 7.56. The Morgan fingerprint density at radius 1 is 0.895 bits per heavy atom. The minimum absolute atomic E-state index is 0.153. The third-order valence-electron chi connectivity index (χ3n) is 3.20. The maximum absolute atomic E-state index is 13.2. The summed E-state index contributed by atoms with van der Waals surface area (Å²) in [7, 11) is 0. The van der Waals surface area contributed by atoms with Crippen LogP contribution in [0.5, 0.6) is 0 Å². The number of halogens is 3. The van der Waals surface area contributed by atoms with Crippen LogP contribution in [0, 0.1) is 0 Å². The van der Waals surface area contributed by atoms with Crippen molar-refractivity contribution in [3.05, 3.63) is 41.5 Å². The Hall–Kier alpha value is -1.71. The second-order valence-corrected chi connectivity index (χ2v) is 5.68. The predicted molar refractivity (Wildman–Crippen MR) is 72.1 cm³/mol. The Labute approximate surface area is 110 Å². The highest BCUT2D eigenvalue weighted by molar-refractivity contribution is 5.97. The normalized spacial score (nSPS) is 12.9. The number of hydrogen-bond donors (Lipinski definition) is 1. The van der Waals surface area contributed by atoms with E-state index in [-0.39, 0.29) is 5.39 Å². The molecular weight excluding hydrogens is 251 g/mol. The first-order valence-electron chi connectivity index (χ1n) is 6.01. The summed E-state index contributed by atoms with van der Waals surface area (Å²) in [4.78, 5) is 0. The van der Waals surface area contributed by atoms with Crippen LogP contribution < -0.4 is 5.73 Å². The van der Waals surface area contributed by atoms with E-state index in [4.69, 9.17) is 5.73 Å². The van der Waals surface area contributed by atoms with Gasteiger partial charge in [0.15, 0.2) is 0 Å². The molecule has 102 valence electrons. The highest BCUT2D eigenvalue weighted by atomic mass is 19.4. The van der Waals surface area contributed by atoms with E-state index in [1.165, 1.54) is 12.1 Å². The Bertz CT molecular complexity index is 622. The molecule has 0 bridgehead atoms. The smallest absolute Gasteiger partial charge is 0.398 e. The van der Waals surface area contributed by atoms with Crippen LogP contribution in [0.1, 0.15) is 31.9 Å². The van der Waals surface area contributed by atoms with Gasteiger partial charge in [0.25, 0.3) is 0 Å². The maximum atomic E-state index is 13.2. The highest BCUT2D eigenvalue weighted by Gasteiger charge is 2.35. The molecule has 0 radical (unpaired) electrons. The topological polar surface area (TPSA) is 26.0 Å². The van der Waals surface area contributed by atoms with E-state index in [9.17, 15) is 13.2 Å². The van der Waals surface area contributed by atoms with E-state index in [1.807, 2.05) is 20.8 Å². The first-order chi connectivity index (χ1) is 8.62. The lowest BCUT2D eigenvalue weighted by atomic mass is 9.82. The largest absolute Gasteiger partial charge is 0.417 e. The molecule has 0 heterocycles. The minimum Gasteiger partial charge on any atom is -0.398 e. The summed E-state index contributed by atoms with van der Waals surface area (Å²) in [5.74, 6) is 0. The van der Waals surface area contributed by atoms with Crippen molar-refractivity contribution in [2.75, 3.05) is 5.73 Å². The molecule has 19 heavy (non-hydrogen) atoms. The van der Waals surface area contributed by atoms with E-state index >= 15 is 0 Å². The van der Waals surface area contributed by atoms with Crippen molar-refractivity contribution in [2.45, 2.75) is 32.4 Å². The van der Waals surface area contributed by atoms with Crippen molar-refractivity contribution in [1.82, 2.24) is 0 Å². The van der Waals surface area contributed by atoms with Crippen molar-refractivity contribution in [2.24, 2.45) is 0 Å². The van der Waals surface area contributed by atoms with E-state index < -0.39 is 17.2 Å². The number of nitrogens with two attached hydrogens (primary N) is 1. The van der Waals surface area contributed by atoms with Crippen LogP contribution in [-0.4, -0.2) is 0 Å². The van der Waals surface area contributed by atoms with Gasteiger partial charge in [0.05, 0.1) is 5.56 Å². The summed E-state index contributed by atoms with van der Waals surface area (Å²) in [6.45, 7) is 5.56. The zero-order valence-corrected chi connectivity index (χ0v) is 11.1. The summed E-state index contributed by atoms with van der Waals surface area (Å²) in [5.41, 5.74) is 5.94. The molecule has 2 aromatic carbocycles. The Kier molecular flexibility index (Phi) is 3.00. The van der Waals surface area contributed by atoms with Crippen LogP contribution in [0.3, 0.4) is 0 Å². The zero-order valence-electron chi connectivity index (χ0n) is 11.1. The van der Waals surface area contributed by atoms with Crippen LogP contribution in [0.25, 0.3) is 10.8 Å². The summed E-state index contributed by atoms with van der Waals surface area (Å²) in [5, 5.41) is 0.614. The molecule has 0 saturated heterocycles. The quantitative estimate of drug-likeness (QED) is 0.685. The zero-order chi connectivity index (χ0) is 14.4. The second-order valence-electron chi connectivity index (χ2n) is 5.68. The molecule has 0 aliphatic carbocycles. The number of alkyl halides is 3. The lowest BCUT2D eigenvalue weighted by Gasteiger charge is -2.24. The van der Waals surface area contributed by atoms with Gasteiger partial charge in [0.1, 0.15) is 0 Å². The van der Waals surface area contributed by atoms with Gasteiger partial charge < -0.3 is 5.73 Å². The lowest BCUT2D eigenvalue weighted by Crippen LogP contribution is -2.17. The summed E-state index contributed by atoms with van der Waals surface area (Å²) < 4.78 is 39.5. The van der Waals surface area contributed by atoms with Crippen molar-refractivity contribution in [3.8, 4) is 0 Å². The molecule has 0 aromatic heterocycles. The minimum atomic E-state index is -4.38. The number of anilines is 1. The lowest BCUT2D eigenvalue weighted by molar-refractivity contribution is -0.136. The van der Waals surface area contributed by atoms with Crippen LogP contribution in [-0.2, 0) is 11.6 Å². The van der Waals surface area contributed by atoms with E-state index in [2.05, 4.69) is 0 Å². The fourth-order valence-electron chi connectivity index (χ4n) is 2.25. The highest BCUT2D eigenvalue weighted by Crippen LogP contribution is 2.41. The third kappa shape index (κ3) is 2.39. The molecule has 0 atom stereocenters. The molecule has 4 heteroatoms. The van der Waals surface area contributed by atoms with Gasteiger partial charge in [-0.3, -0.25) is 0 Å². The fraction of sp³-hybridized carbons (Fsp3) is 0.333. The van der Waals surface area contributed by atoms with Gasteiger partial charge in [-0.2, -0.15) is 13.2 Å². The summed E-state index contributed by atoms with van der Waals surface area (Å²) >= 11 is 0. The first-order valence-corrected chi connectivity index (χ1v) is 6.01. The third-order valence-corrected chi connectivity index (χ3v) is 3.20. The molecule has 0 unspecified atom stereocenters. The number of benzene rings is 2. The summed E-state index contributed by atoms with van der Waals surface area (Å²) in [6.07, 6.45) is -4.38. The van der Waals surface area contributed by atoms with Gasteiger partial charge in [-0.15, -0.1) is 0 Å². The number of nitrogen functional groups attached to an aromatic ring is 1. The van der Waals surface area contributed by atoms with Crippen LogP contribution in [0.4, 0.5) is 18.9 Å². The van der Waals surface area contributed by atoms with E-state index in [0.717, 1.165) is 0 Å². The van der Waals surface area contributed by atoms with Crippen LogP contribution >= 0.6 is 0 Å². The van der Waals surface area contributed by atoms with Gasteiger partial charge in [-0.1, -0.05) is 45.0 Å².